The number of aromatic nitrogens is 3. The van der Waals surface area contributed by atoms with Crippen molar-refractivity contribution in [3.05, 3.63) is 60.2 Å². The lowest BCUT2D eigenvalue weighted by molar-refractivity contribution is -0.144. The number of ether oxygens (including phenoxy) is 1. The maximum atomic E-state index is 12.8. The molecule has 15 heteroatoms. The largest absolute Gasteiger partial charge is 0.453 e. The van der Waals surface area contributed by atoms with Gasteiger partial charge in [-0.1, -0.05) is 18.2 Å². The van der Waals surface area contributed by atoms with Gasteiger partial charge in [0, 0.05) is 11.3 Å². The lowest BCUT2D eigenvalue weighted by atomic mass is 10.1. The van der Waals surface area contributed by atoms with Crippen LogP contribution in [0.5, 0.6) is 5.75 Å². The molecule has 0 bridgehead atoms. The van der Waals surface area contributed by atoms with Gasteiger partial charge in [-0.2, -0.15) is 22.0 Å². The summed E-state index contributed by atoms with van der Waals surface area (Å²) in [4.78, 5) is 14.8. The Morgan fingerprint density at radius 2 is 1.88 bits per heavy atom. The van der Waals surface area contributed by atoms with E-state index in [0.717, 1.165) is 12.1 Å². The van der Waals surface area contributed by atoms with E-state index < -0.39 is 45.9 Å². The molecule has 0 aliphatic rings. The summed E-state index contributed by atoms with van der Waals surface area (Å²) in [5, 5.41) is 10.7. The lowest BCUT2D eigenvalue weighted by Crippen LogP contribution is -2.19. The number of alkyl halides is 5. The molecule has 3 N–H and O–H groups in total. The summed E-state index contributed by atoms with van der Waals surface area (Å²) in [6.07, 6.45) is -4.59. The maximum absolute atomic E-state index is 12.8. The van der Waals surface area contributed by atoms with Crippen LogP contribution in [0.4, 0.5) is 27.6 Å². The van der Waals surface area contributed by atoms with Crippen LogP contribution in [0.15, 0.2) is 53.7 Å². The van der Waals surface area contributed by atoms with Crippen molar-refractivity contribution in [2.75, 3.05) is 5.32 Å². The van der Waals surface area contributed by atoms with Crippen molar-refractivity contribution in [3.8, 4) is 11.4 Å². The monoisotopic (exact) mass is 491 g/mol. The second-order valence-corrected chi connectivity index (χ2v) is 7.98. The first-order valence-corrected chi connectivity index (χ1v) is 10.4. The predicted molar refractivity (Wildman–Crippen MR) is 103 cm³/mol. The molecule has 0 atom stereocenters. The molecular weight excluding hydrogens is 477 g/mol. The second kappa shape index (κ2) is 9.11. The van der Waals surface area contributed by atoms with Crippen molar-refractivity contribution in [2.24, 2.45) is 5.14 Å². The molecule has 1 heterocycles. The van der Waals surface area contributed by atoms with Crippen LogP contribution in [0.2, 0.25) is 0 Å². The molecule has 0 unspecified atom stereocenters. The van der Waals surface area contributed by atoms with E-state index >= 15 is 0 Å². The van der Waals surface area contributed by atoms with E-state index in [1.165, 1.54) is 30.3 Å². The standard InChI is InChI=1S/C18H14F5N5O4S/c19-17(20)32-13-4-2-1-3-10(13)7-15(29)26-11-5-6-12(14(8-11)33(24,30)31)28-9-25-16(27-28)18(21,22)23/h1-6,8-9,17H,7H2,(H,26,29)(H2,24,30,31). The fourth-order valence-electron chi connectivity index (χ4n) is 2.76. The van der Waals surface area contributed by atoms with Gasteiger partial charge in [0.05, 0.1) is 12.1 Å². The summed E-state index contributed by atoms with van der Waals surface area (Å²) in [6, 6.07) is 8.75. The molecule has 0 aliphatic carbocycles. The SMILES string of the molecule is NS(=O)(=O)c1cc(NC(=O)Cc2ccccc2OC(F)F)ccc1-n1cnc(C(F)(F)F)n1. The van der Waals surface area contributed by atoms with E-state index in [9.17, 15) is 35.2 Å². The molecule has 0 spiro atoms. The quantitative estimate of drug-likeness (QED) is 0.489. The average molecular weight is 491 g/mol. The molecule has 1 aromatic heterocycles. The van der Waals surface area contributed by atoms with Gasteiger partial charge in [-0.3, -0.25) is 4.79 Å². The van der Waals surface area contributed by atoms with Crippen molar-refractivity contribution in [2.45, 2.75) is 24.1 Å². The highest BCUT2D eigenvalue weighted by atomic mass is 32.2. The number of para-hydroxylation sites is 1. The Morgan fingerprint density at radius 3 is 2.48 bits per heavy atom. The number of carbonyl (C=O) groups is 1. The fourth-order valence-corrected chi connectivity index (χ4v) is 3.50. The van der Waals surface area contributed by atoms with Crippen molar-refractivity contribution < 1.29 is 39.9 Å². The lowest BCUT2D eigenvalue weighted by Gasteiger charge is -2.13. The zero-order valence-corrected chi connectivity index (χ0v) is 17.1. The Bertz CT molecular complexity index is 1280. The minimum Gasteiger partial charge on any atom is -0.435 e. The fraction of sp³-hybridized carbons (Fsp3) is 0.167. The molecule has 2 aromatic carbocycles. The Kier molecular flexibility index (Phi) is 6.64. The van der Waals surface area contributed by atoms with Crippen molar-refractivity contribution in [1.82, 2.24) is 14.8 Å². The molecule has 9 nitrogen and oxygen atoms in total. The first-order chi connectivity index (χ1) is 15.3. The molecule has 0 aliphatic heterocycles. The van der Waals surface area contributed by atoms with E-state index in [1.54, 1.807) is 0 Å². The molecule has 0 saturated heterocycles. The summed E-state index contributed by atoms with van der Waals surface area (Å²) < 4.78 is 92.2. The van der Waals surface area contributed by atoms with Gasteiger partial charge in [0.2, 0.25) is 15.9 Å². The van der Waals surface area contributed by atoms with Gasteiger partial charge in [-0.15, -0.1) is 5.10 Å². The van der Waals surface area contributed by atoms with Crippen LogP contribution < -0.4 is 15.2 Å². The maximum Gasteiger partial charge on any atom is 0.453 e. The first-order valence-electron chi connectivity index (χ1n) is 8.83. The highest BCUT2D eigenvalue weighted by molar-refractivity contribution is 7.89. The summed E-state index contributed by atoms with van der Waals surface area (Å²) >= 11 is 0. The molecule has 1 amide bonds. The highest BCUT2D eigenvalue weighted by Gasteiger charge is 2.36. The van der Waals surface area contributed by atoms with Crippen LogP contribution in [0.1, 0.15) is 11.4 Å². The van der Waals surface area contributed by atoms with Crippen molar-refractivity contribution >= 4 is 21.6 Å². The molecule has 0 radical (unpaired) electrons. The molecule has 33 heavy (non-hydrogen) atoms. The summed E-state index contributed by atoms with van der Waals surface area (Å²) in [7, 11) is -4.47. The average Bonchev–Trinajstić information content (AvgIpc) is 3.19. The van der Waals surface area contributed by atoms with Crippen LogP contribution in [0, 0.1) is 0 Å². The van der Waals surface area contributed by atoms with Gasteiger partial charge in [0.15, 0.2) is 0 Å². The molecule has 3 rings (SSSR count). The van der Waals surface area contributed by atoms with Gasteiger partial charge in [-0.05, 0) is 24.3 Å². The minimum absolute atomic E-state index is 0.0730. The zero-order valence-electron chi connectivity index (χ0n) is 16.3. The molecule has 176 valence electrons. The number of sulfonamides is 1. The van der Waals surface area contributed by atoms with E-state index in [2.05, 4.69) is 20.1 Å². The van der Waals surface area contributed by atoms with E-state index in [1.807, 2.05) is 0 Å². The number of halogens is 5. The van der Waals surface area contributed by atoms with Crippen LogP contribution in [0.3, 0.4) is 0 Å². The van der Waals surface area contributed by atoms with Crippen LogP contribution in [-0.4, -0.2) is 35.7 Å². The Labute approximate surface area is 183 Å². The van der Waals surface area contributed by atoms with Crippen LogP contribution in [-0.2, 0) is 27.4 Å². The van der Waals surface area contributed by atoms with Gasteiger partial charge < -0.3 is 10.1 Å². The molecular formula is C18H14F5N5O4S. The number of nitrogens with zero attached hydrogens (tertiary/aromatic N) is 3. The Hall–Kier alpha value is -3.59. The molecule has 0 fully saturated rings. The number of benzene rings is 2. The van der Waals surface area contributed by atoms with Crippen molar-refractivity contribution in [1.29, 1.82) is 0 Å². The summed E-state index contributed by atoms with van der Waals surface area (Å²) in [6.45, 7) is -3.10. The topological polar surface area (TPSA) is 129 Å². The van der Waals surface area contributed by atoms with Crippen molar-refractivity contribution in [3.63, 3.8) is 0 Å². The third kappa shape index (κ3) is 6.01. The zero-order chi connectivity index (χ0) is 24.4. The second-order valence-electron chi connectivity index (χ2n) is 6.45. The van der Waals surface area contributed by atoms with Gasteiger partial charge in [0.1, 0.15) is 17.0 Å². The van der Waals surface area contributed by atoms with Gasteiger partial charge >= 0.3 is 12.8 Å². The van der Waals surface area contributed by atoms with E-state index in [0.29, 0.717) is 11.0 Å². The van der Waals surface area contributed by atoms with Gasteiger partial charge in [-0.25, -0.2) is 23.2 Å². The highest BCUT2D eigenvalue weighted by Crippen LogP contribution is 2.28. The number of hydrogen-bond donors (Lipinski definition) is 2. The molecule has 3 aromatic rings. The first kappa shape index (κ1) is 24.1. The minimum atomic E-state index is -4.86. The number of hydrogen-bond acceptors (Lipinski definition) is 6. The number of nitrogens with two attached hydrogens (primary N) is 1. The number of rotatable bonds is 7. The number of amides is 1. The van der Waals surface area contributed by atoms with Crippen LogP contribution in [0.25, 0.3) is 5.69 Å². The number of nitrogens with one attached hydrogen (secondary N) is 1. The number of carbonyl (C=O) groups excluding carboxylic acids is 1. The van der Waals surface area contributed by atoms with E-state index in [4.69, 9.17) is 5.14 Å². The van der Waals surface area contributed by atoms with Gasteiger partial charge in [0.25, 0.3) is 5.82 Å². The predicted octanol–water partition coefficient (Wildman–Crippen LogP) is 2.72. The summed E-state index contributed by atoms with van der Waals surface area (Å²) in [5.74, 6) is -2.42. The molecule has 0 saturated carbocycles. The third-order valence-corrected chi connectivity index (χ3v) is 5.02. The number of primary sulfonamides is 1. The normalized spacial score (nSPS) is 12.1. The third-order valence-electron chi connectivity index (χ3n) is 4.08. The summed E-state index contributed by atoms with van der Waals surface area (Å²) in [5.41, 5.74) is -0.272. The van der Waals surface area contributed by atoms with E-state index in [-0.39, 0.29) is 22.7 Å². The van der Waals surface area contributed by atoms with Crippen LogP contribution >= 0.6 is 0 Å². The Balaban J connectivity index is 1.87. The Morgan fingerprint density at radius 1 is 1.18 bits per heavy atom. The number of anilines is 1. The smallest absolute Gasteiger partial charge is 0.435 e.